The number of nitrogens with zero attached hydrogens (tertiary/aromatic N) is 2. The number of ether oxygens (including phenoxy) is 1. The first-order chi connectivity index (χ1) is 14.1. The quantitative estimate of drug-likeness (QED) is 0.271. The van der Waals surface area contributed by atoms with E-state index in [9.17, 15) is 14.9 Å². The molecule has 0 spiro atoms. The van der Waals surface area contributed by atoms with Crippen LogP contribution >= 0.6 is 0 Å². The summed E-state index contributed by atoms with van der Waals surface area (Å²) in [6, 6.07) is 18.7. The second kappa shape index (κ2) is 6.42. The van der Waals surface area contributed by atoms with Gasteiger partial charge in [0.2, 0.25) is 0 Å². The second-order valence-electron chi connectivity index (χ2n) is 6.55. The number of H-pyrrole nitrogens is 1. The summed E-state index contributed by atoms with van der Waals surface area (Å²) >= 11 is 0. The van der Waals surface area contributed by atoms with Crippen LogP contribution in [0.5, 0.6) is 11.5 Å². The summed E-state index contributed by atoms with van der Waals surface area (Å²) < 4.78 is 5.96. The number of para-hydroxylation sites is 1. The van der Waals surface area contributed by atoms with Crippen LogP contribution in [0.1, 0.15) is 0 Å². The number of aromatic nitrogens is 2. The minimum absolute atomic E-state index is 0.0399. The highest BCUT2D eigenvalue weighted by Crippen LogP contribution is 2.34. The Morgan fingerprint density at radius 2 is 1.69 bits per heavy atom. The number of nitro groups is 1. The summed E-state index contributed by atoms with van der Waals surface area (Å²) in [6.45, 7) is 0. The molecule has 0 atom stereocenters. The number of hydrogen-bond acceptors (Lipinski definition) is 5. The Labute approximate surface area is 163 Å². The van der Waals surface area contributed by atoms with Crippen LogP contribution in [0.15, 0.2) is 77.7 Å². The number of nitrogens with one attached hydrogen (secondary N) is 1. The zero-order valence-electron chi connectivity index (χ0n) is 15.0. The van der Waals surface area contributed by atoms with Crippen molar-refractivity contribution in [1.29, 1.82) is 0 Å². The van der Waals surface area contributed by atoms with E-state index in [4.69, 9.17) is 4.74 Å². The molecule has 7 heteroatoms. The van der Waals surface area contributed by atoms with Crippen LogP contribution in [0.25, 0.3) is 32.7 Å². The summed E-state index contributed by atoms with van der Waals surface area (Å²) in [5, 5.41) is 12.8. The zero-order valence-corrected chi connectivity index (χ0v) is 15.0. The maximum absolute atomic E-state index is 12.9. The van der Waals surface area contributed by atoms with Gasteiger partial charge in [-0.15, -0.1) is 0 Å². The lowest BCUT2D eigenvalue weighted by molar-refractivity contribution is -0.383. The Morgan fingerprint density at radius 3 is 2.55 bits per heavy atom. The number of rotatable bonds is 3. The van der Waals surface area contributed by atoms with Gasteiger partial charge in [0.15, 0.2) is 11.2 Å². The molecular formula is C22H13N3O4. The maximum atomic E-state index is 12.9. The zero-order chi connectivity index (χ0) is 20.0. The Morgan fingerprint density at radius 1 is 0.897 bits per heavy atom. The molecule has 0 bridgehead atoms. The average Bonchev–Trinajstić information content (AvgIpc) is 2.74. The highest BCUT2D eigenvalue weighted by Gasteiger charge is 2.16. The van der Waals surface area contributed by atoms with Crippen LogP contribution in [0.4, 0.5) is 5.69 Å². The van der Waals surface area contributed by atoms with E-state index < -0.39 is 4.92 Å². The van der Waals surface area contributed by atoms with E-state index in [1.807, 2.05) is 18.2 Å². The SMILES string of the molecule is O=c1c2ccccc2[nH]c2ccc(Oc3ccc([N+](=O)[O-])c4cccnc34)cc12. The van der Waals surface area contributed by atoms with Crippen molar-refractivity contribution in [3.8, 4) is 11.5 Å². The first kappa shape index (κ1) is 16.9. The molecule has 5 aromatic rings. The number of fused-ring (bicyclic) bond motifs is 3. The normalized spacial score (nSPS) is 11.2. The van der Waals surface area contributed by atoms with Gasteiger partial charge < -0.3 is 9.72 Å². The van der Waals surface area contributed by atoms with Crippen molar-refractivity contribution in [3.63, 3.8) is 0 Å². The standard InChI is InChI=1S/C22H13N3O4/c26-22-14-4-1-2-6-17(14)24-18-8-7-13(12-16(18)22)29-20-10-9-19(25(27)28)15-5-3-11-23-21(15)20/h1-12H,(H,24,26). The Bertz CT molecular complexity index is 1490. The number of non-ortho nitro benzene ring substituents is 1. The largest absolute Gasteiger partial charge is 0.455 e. The van der Waals surface area contributed by atoms with Gasteiger partial charge in [-0.05, 0) is 48.5 Å². The molecule has 0 unspecified atom stereocenters. The van der Waals surface area contributed by atoms with Crippen molar-refractivity contribution in [3.05, 3.63) is 93.3 Å². The van der Waals surface area contributed by atoms with E-state index >= 15 is 0 Å². The molecule has 3 aromatic carbocycles. The number of aromatic amines is 1. The topological polar surface area (TPSA) is 98.1 Å². The molecule has 5 rings (SSSR count). The van der Waals surface area contributed by atoms with Gasteiger partial charge >= 0.3 is 0 Å². The molecule has 0 radical (unpaired) electrons. The van der Waals surface area contributed by atoms with E-state index in [0.29, 0.717) is 38.7 Å². The highest BCUT2D eigenvalue weighted by atomic mass is 16.6. The fraction of sp³-hybridized carbons (Fsp3) is 0. The van der Waals surface area contributed by atoms with Crippen molar-refractivity contribution in [1.82, 2.24) is 9.97 Å². The summed E-state index contributed by atoms with van der Waals surface area (Å²) in [5.41, 5.74) is 1.72. The van der Waals surface area contributed by atoms with Gasteiger partial charge in [0.05, 0.1) is 15.8 Å². The Balaban J connectivity index is 1.65. The van der Waals surface area contributed by atoms with Crippen molar-refractivity contribution in [2.45, 2.75) is 0 Å². The third-order valence-electron chi connectivity index (χ3n) is 4.81. The van der Waals surface area contributed by atoms with Crippen LogP contribution in [0.2, 0.25) is 0 Å². The molecule has 0 saturated carbocycles. The first-order valence-electron chi connectivity index (χ1n) is 8.86. The second-order valence-corrected chi connectivity index (χ2v) is 6.55. The lowest BCUT2D eigenvalue weighted by Crippen LogP contribution is -2.04. The third-order valence-corrected chi connectivity index (χ3v) is 4.81. The molecule has 0 aliphatic heterocycles. The summed E-state index contributed by atoms with van der Waals surface area (Å²) in [5.74, 6) is 0.821. The molecule has 0 saturated heterocycles. The number of pyridine rings is 2. The summed E-state index contributed by atoms with van der Waals surface area (Å²) in [6.07, 6.45) is 1.55. The minimum atomic E-state index is -0.450. The van der Waals surface area contributed by atoms with Gasteiger partial charge in [-0.3, -0.25) is 19.9 Å². The molecular weight excluding hydrogens is 370 g/mol. The molecule has 29 heavy (non-hydrogen) atoms. The Kier molecular flexibility index (Phi) is 3.74. The van der Waals surface area contributed by atoms with Crippen LogP contribution in [-0.2, 0) is 0 Å². The fourth-order valence-corrected chi connectivity index (χ4v) is 3.46. The Hall–Kier alpha value is -4.26. The van der Waals surface area contributed by atoms with E-state index in [1.54, 1.807) is 42.6 Å². The number of benzene rings is 3. The van der Waals surface area contributed by atoms with Gasteiger partial charge in [-0.2, -0.15) is 0 Å². The van der Waals surface area contributed by atoms with E-state index in [1.165, 1.54) is 12.1 Å². The molecule has 2 heterocycles. The fourth-order valence-electron chi connectivity index (χ4n) is 3.46. The molecule has 0 fully saturated rings. The highest BCUT2D eigenvalue weighted by molar-refractivity contribution is 5.94. The van der Waals surface area contributed by atoms with Gasteiger partial charge in [-0.1, -0.05) is 12.1 Å². The van der Waals surface area contributed by atoms with Gasteiger partial charge in [0, 0.05) is 28.6 Å². The van der Waals surface area contributed by atoms with Crippen molar-refractivity contribution >= 4 is 38.4 Å². The third kappa shape index (κ3) is 2.76. The van der Waals surface area contributed by atoms with Crippen LogP contribution in [-0.4, -0.2) is 14.9 Å². The summed E-state index contributed by atoms with van der Waals surface area (Å²) in [4.78, 5) is 31.2. The predicted molar refractivity (Wildman–Crippen MR) is 111 cm³/mol. The molecule has 140 valence electrons. The lowest BCUT2D eigenvalue weighted by Gasteiger charge is -2.10. The predicted octanol–water partition coefficient (Wildman–Crippen LogP) is 4.93. The molecule has 1 N–H and O–H groups in total. The lowest BCUT2D eigenvalue weighted by atomic mass is 10.1. The number of hydrogen-bond donors (Lipinski definition) is 1. The monoisotopic (exact) mass is 383 g/mol. The minimum Gasteiger partial charge on any atom is -0.455 e. The molecule has 0 amide bonds. The van der Waals surface area contributed by atoms with Crippen LogP contribution in [0.3, 0.4) is 0 Å². The van der Waals surface area contributed by atoms with E-state index in [2.05, 4.69) is 9.97 Å². The van der Waals surface area contributed by atoms with Gasteiger partial charge in [0.1, 0.15) is 11.3 Å². The number of nitro benzene ring substituents is 1. The molecule has 0 aliphatic carbocycles. The van der Waals surface area contributed by atoms with E-state index in [0.717, 1.165) is 5.52 Å². The van der Waals surface area contributed by atoms with Crippen molar-refractivity contribution in [2.75, 3.05) is 0 Å². The smallest absolute Gasteiger partial charge is 0.279 e. The van der Waals surface area contributed by atoms with Crippen molar-refractivity contribution < 1.29 is 9.66 Å². The molecule has 0 aliphatic rings. The summed E-state index contributed by atoms with van der Waals surface area (Å²) in [7, 11) is 0. The van der Waals surface area contributed by atoms with E-state index in [-0.39, 0.29) is 11.1 Å². The molecule has 7 nitrogen and oxygen atoms in total. The average molecular weight is 383 g/mol. The maximum Gasteiger partial charge on any atom is 0.279 e. The van der Waals surface area contributed by atoms with Gasteiger partial charge in [0.25, 0.3) is 5.69 Å². The first-order valence-corrected chi connectivity index (χ1v) is 8.86. The van der Waals surface area contributed by atoms with Crippen LogP contribution < -0.4 is 10.2 Å². The van der Waals surface area contributed by atoms with Crippen molar-refractivity contribution in [2.24, 2.45) is 0 Å². The van der Waals surface area contributed by atoms with Gasteiger partial charge in [-0.25, -0.2) is 0 Å². The molecule has 2 aromatic heterocycles. The van der Waals surface area contributed by atoms with Crippen LogP contribution in [0, 0.1) is 10.1 Å².